The molecule has 1 fully saturated rings. The molecular weight excluding hydrogens is 278 g/mol. The number of hydrogen-bond donors (Lipinski definition) is 0. The number of likely N-dealkylation sites (tertiary alicyclic amines) is 1. The van der Waals surface area contributed by atoms with E-state index in [1.807, 2.05) is 50.2 Å². The van der Waals surface area contributed by atoms with Gasteiger partial charge in [0.25, 0.3) is 0 Å². The van der Waals surface area contributed by atoms with Crippen molar-refractivity contribution in [1.29, 1.82) is 0 Å². The van der Waals surface area contributed by atoms with Gasteiger partial charge in [-0.15, -0.1) is 0 Å². The van der Waals surface area contributed by atoms with E-state index in [1.165, 1.54) is 5.56 Å². The van der Waals surface area contributed by atoms with Crippen LogP contribution in [0.15, 0.2) is 24.5 Å². The summed E-state index contributed by atoms with van der Waals surface area (Å²) >= 11 is 0. The zero-order valence-electron chi connectivity index (χ0n) is 14.1. The standard InChI is InChI=1S/C17H27N3O2/c1-17(2,3)22-16(21)20-11-5-6-15(20)13-19(4)12-14-7-9-18-10-8-14/h7-10,15H,5-6,11-13H2,1-4H3. The number of rotatable bonds is 4. The topological polar surface area (TPSA) is 45.7 Å². The fraction of sp³-hybridized carbons (Fsp3) is 0.647. The highest BCUT2D eigenvalue weighted by atomic mass is 16.6. The summed E-state index contributed by atoms with van der Waals surface area (Å²) in [5, 5.41) is 0. The Hall–Kier alpha value is -1.62. The Balaban J connectivity index is 1.89. The number of carbonyl (C=O) groups excluding carboxylic acids is 1. The molecule has 1 aliphatic heterocycles. The van der Waals surface area contributed by atoms with Gasteiger partial charge in [0.1, 0.15) is 5.60 Å². The summed E-state index contributed by atoms with van der Waals surface area (Å²) in [4.78, 5) is 20.5. The van der Waals surface area contributed by atoms with E-state index in [4.69, 9.17) is 4.74 Å². The first-order chi connectivity index (χ1) is 10.3. The van der Waals surface area contributed by atoms with Gasteiger partial charge >= 0.3 is 6.09 Å². The molecule has 0 saturated carbocycles. The Morgan fingerprint density at radius 2 is 2.09 bits per heavy atom. The van der Waals surface area contributed by atoms with Gasteiger partial charge in [-0.25, -0.2) is 4.79 Å². The summed E-state index contributed by atoms with van der Waals surface area (Å²) in [6, 6.07) is 4.29. The summed E-state index contributed by atoms with van der Waals surface area (Å²) in [6.07, 6.45) is 5.53. The van der Waals surface area contributed by atoms with Crippen LogP contribution in [0.5, 0.6) is 0 Å². The minimum absolute atomic E-state index is 0.188. The molecule has 0 spiro atoms. The molecule has 1 amide bonds. The zero-order chi connectivity index (χ0) is 16.2. The first-order valence-electron chi connectivity index (χ1n) is 7.92. The largest absolute Gasteiger partial charge is 0.444 e. The molecule has 1 unspecified atom stereocenters. The molecule has 122 valence electrons. The van der Waals surface area contributed by atoms with Gasteiger partial charge in [-0.3, -0.25) is 4.98 Å². The van der Waals surface area contributed by atoms with Crippen molar-refractivity contribution in [3.8, 4) is 0 Å². The number of pyridine rings is 1. The van der Waals surface area contributed by atoms with Crippen LogP contribution in [0.25, 0.3) is 0 Å². The van der Waals surface area contributed by atoms with Gasteiger partial charge in [0.2, 0.25) is 0 Å². The lowest BCUT2D eigenvalue weighted by molar-refractivity contribution is 0.0201. The molecular formula is C17H27N3O2. The summed E-state index contributed by atoms with van der Waals surface area (Å²) in [6.45, 7) is 8.24. The summed E-state index contributed by atoms with van der Waals surface area (Å²) in [5.41, 5.74) is 0.798. The molecule has 2 rings (SSSR count). The number of nitrogens with zero attached hydrogens (tertiary/aromatic N) is 3. The number of amides is 1. The molecule has 2 heterocycles. The van der Waals surface area contributed by atoms with Crippen LogP contribution in [-0.2, 0) is 11.3 Å². The lowest BCUT2D eigenvalue weighted by Gasteiger charge is -2.31. The predicted octanol–water partition coefficient (Wildman–Crippen LogP) is 2.91. The third-order valence-corrected chi connectivity index (χ3v) is 3.73. The highest BCUT2D eigenvalue weighted by molar-refractivity contribution is 5.69. The van der Waals surface area contributed by atoms with Crippen molar-refractivity contribution in [1.82, 2.24) is 14.8 Å². The van der Waals surface area contributed by atoms with E-state index in [2.05, 4.69) is 16.9 Å². The smallest absolute Gasteiger partial charge is 0.410 e. The maximum atomic E-state index is 12.3. The average Bonchev–Trinajstić information content (AvgIpc) is 2.86. The Labute approximate surface area is 133 Å². The Morgan fingerprint density at radius 3 is 2.73 bits per heavy atom. The van der Waals surface area contributed by atoms with E-state index in [0.717, 1.165) is 32.5 Å². The van der Waals surface area contributed by atoms with Crippen LogP contribution in [0.4, 0.5) is 4.79 Å². The average molecular weight is 305 g/mol. The van der Waals surface area contributed by atoms with Gasteiger partial charge in [-0.1, -0.05) is 0 Å². The van der Waals surface area contributed by atoms with Crippen molar-refractivity contribution in [3.63, 3.8) is 0 Å². The van der Waals surface area contributed by atoms with Crippen LogP contribution in [-0.4, -0.2) is 52.7 Å². The van der Waals surface area contributed by atoms with Crippen molar-refractivity contribution in [3.05, 3.63) is 30.1 Å². The SMILES string of the molecule is CN(Cc1ccncc1)CC1CCCN1C(=O)OC(C)(C)C. The van der Waals surface area contributed by atoms with Gasteiger partial charge in [0, 0.05) is 38.1 Å². The van der Waals surface area contributed by atoms with Crippen LogP contribution in [0.1, 0.15) is 39.2 Å². The molecule has 22 heavy (non-hydrogen) atoms. The second-order valence-electron chi connectivity index (χ2n) is 7.02. The van der Waals surface area contributed by atoms with Gasteiger partial charge in [-0.05, 0) is 58.4 Å². The highest BCUT2D eigenvalue weighted by Crippen LogP contribution is 2.21. The van der Waals surface area contributed by atoms with E-state index < -0.39 is 5.60 Å². The van der Waals surface area contributed by atoms with Crippen LogP contribution >= 0.6 is 0 Å². The monoisotopic (exact) mass is 305 g/mol. The molecule has 0 aromatic carbocycles. The summed E-state index contributed by atoms with van der Waals surface area (Å²) in [7, 11) is 2.09. The number of aromatic nitrogens is 1. The van der Waals surface area contributed by atoms with Crippen molar-refractivity contribution in [2.45, 2.75) is 51.8 Å². The molecule has 0 bridgehead atoms. The van der Waals surface area contributed by atoms with Crippen LogP contribution in [0.3, 0.4) is 0 Å². The summed E-state index contributed by atoms with van der Waals surface area (Å²) < 4.78 is 5.51. The van der Waals surface area contributed by atoms with Gasteiger partial charge < -0.3 is 14.5 Å². The maximum absolute atomic E-state index is 12.3. The Kier molecular flexibility index (Phi) is 5.40. The van der Waals surface area contributed by atoms with Crippen LogP contribution in [0, 0.1) is 0 Å². The fourth-order valence-electron chi connectivity index (χ4n) is 2.81. The van der Waals surface area contributed by atoms with Crippen LogP contribution in [0.2, 0.25) is 0 Å². The molecule has 1 saturated heterocycles. The number of carbonyl (C=O) groups is 1. The first kappa shape index (κ1) is 16.7. The highest BCUT2D eigenvalue weighted by Gasteiger charge is 2.32. The zero-order valence-corrected chi connectivity index (χ0v) is 14.1. The van der Waals surface area contributed by atoms with Crippen molar-refractivity contribution < 1.29 is 9.53 Å². The third kappa shape index (κ3) is 4.98. The van der Waals surface area contributed by atoms with E-state index in [0.29, 0.717) is 0 Å². The minimum atomic E-state index is -0.437. The summed E-state index contributed by atoms with van der Waals surface area (Å²) in [5.74, 6) is 0. The first-order valence-corrected chi connectivity index (χ1v) is 7.92. The minimum Gasteiger partial charge on any atom is -0.444 e. The van der Waals surface area contributed by atoms with E-state index in [-0.39, 0.29) is 12.1 Å². The van der Waals surface area contributed by atoms with Crippen molar-refractivity contribution in [2.75, 3.05) is 20.1 Å². The van der Waals surface area contributed by atoms with Crippen molar-refractivity contribution in [2.24, 2.45) is 0 Å². The predicted molar refractivity (Wildman–Crippen MR) is 86.5 cm³/mol. The Morgan fingerprint density at radius 1 is 1.41 bits per heavy atom. The molecule has 0 radical (unpaired) electrons. The van der Waals surface area contributed by atoms with Gasteiger partial charge in [0.15, 0.2) is 0 Å². The number of hydrogen-bond acceptors (Lipinski definition) is 4. The molecule has 1 aromatic heterocycles. The molecule has 5 nitrogen and oxygen atoms in total. The lowest BCUT2D eigenvalue weighted by Crippen LogP contribution is -2.44. The van der Waals surface area contributed by atoms with Gasteiger partial charge in [-0.2, -0.15) is 0 Å². The van der Waals surface area contributed by atoms with Crippen molar-refractivity contribution >= 4 is 6.09 Å². The molecule has 1 aliphatic rings. The van der Waals surface area contributed by atoms with Crippen LogP contribution < -0.4 is 0 Å². The molecule has 1 atom stereocenters. The molecule has 5 heteroatoms. The lowest BCUT2D eigenvalue weighted by atomic mass is 10.2. The quantitative estimate of drug-likeness (QED) is 0.858. The second kappa shape index (κ2) is 7.09. The molecule has 0 aliphatic carbocycles. The normalized spacial score (nSPS) is 18.8. The van der Waals surface area contributed by atoms with E-state index >= 15 is 0 Å². The van der Waals surface area contributed by atoms with Gasteiger partial charge in [0.05, 0.1) is 0 Å². The molecule has 0 N–H and O–H groups in total. The van der Waals surface area contributed by atoms with E-state index in [9.17, 15) is 4.79 Å². The maximum Gasteiger partial charge on any atom is 0.410 e. The number of ether oxygens (including phenoxy) is 1. The van der Waals surface area contributed by atoms with E-state index in [1.54, 1.807) is 0 Å². The number of likely N-dealkylation sites (N-methyl/N-ethyl adjacent to an activating group) is 1. The third-order valence-electron chi connectivity index (χ3n) is 3.73. The fourth-order valence-corrected chi connectivity index (χ4v) is 2.81. The Bertz CT molecular complexity index is 484. The molecule has 1 aromatic rings. The second-order valence-corrected chi connectivity index (χ2v) is 7.02.